The Balaban J connectivity index is 1.95. The van der Waals surface area contributed by atoms with E-state index in [9.17, 15) is 9.18 Å². The smallest absolute Gasteiger partial charge is 0.249 e. The van der Waals surface area contributed by atoms with Crippen LogP contribution < -0.4 is 11.1 Å². The Labute approximate surface area is 121 Å². The number of nitrogens with one attached hydrogen (secondary N) is 1. The molecule has 1 aliphatic heterocycles. The molecule has 0 aliphatic carbocycles. The molecule has 7 heteroatoms. The maximum absolute atomic E-state index is 13.9. The van der Waals surface area contributed by atoms with Gasteiger partial charge in [0.25, 0.3) is 0 Å². The van der Waals surface area contributed by atoms with Gasteiger partial charge in [-0.2, -0.15) is 0 Å². The van der Waals surface area contributed by atoms with E-state index in [1.165, 1.54) is 12.1 Å². The molecular weight excluding hydrogens is 277 g/mol. The van der Waals surface area contributed by atoms with Crippen LogP contribution >= 0.6 is 0 Å². The van der Waals surface area contributed by atoms with Gasteiger partial charge in [-0.15, -0.1) is 0 Å². The molecule has 0 radical (unpaired) electrons. The average Bonchev–Trinajstić information content (AvgIpc) is 2.53. The first-order valence-corrected chi connectivity index (χ1v) is 6.77. The zero-order valence-electron chi connectivity index (χ0n) is 11.5. The van der Waals surface area contributed by atoms with Crippen molar-refractivity contribution in [1.29, 1.82) is 0 Å². The van der Waals surface area contributed by atoms with Crippen molar-refractivity contribution in [3.8, 4) is 0 Å². The Morgan fingerprint density at radius 3 is 2.95 bits per heavy atom. The summed E-state index contributed by atoms with van der Waals surface area (Å²) in [6.45, 7) is 0.655. The number of nitrogens with two attached hydrogens (primary N) is 1. The van der Waals surface area contributed by atoms with Crippen molar-refractivity contribution in [2.45, 2.75) is 31.9 Å². The van der Waals surface area contributed by atoms with Crippen molar-refractivity contribution in [2.24, 2.45) is 10.9 Å². The standard InChI is InChI=1S/C14H18FN3O3/c15-11-7-9(13(16)18-20)4-5-10(11)8-17-14(19)12-3-1-2-6-21-12/h4-5,7,12,20H,1-3,6,8H2,(H2,16,18)(H,17,19). The minimum atomic E-state index is -0.524. The molecule has 1 aliphatic rings. The number of ether oxygens (including phenoxy) is 1. The number of rotatable bonds is 4. The van der Waals surface area contributed by atoms with Gasteiger partial charge in [0.05, 0.1) is 0 Å². The number of nitrogens with zero attached hydrogens (tertiary/aromatic N) is 1. The summed E-state index contributed by atoms with van der Waals surface area (Å²) in [5.41, 5.74) is 5.99. The van der Waals surface area contributed by atoms with E-state index in [2.05, 4.69) is 10.5 Å². The van der Waals surface area contributed by atoms with Gasteiger partial charge in [0.1, 0.15) is 11.9 Å². The summed E-state index contributed by atoms with van der Waals surface area (Å²) in [6.07, 6.45) is 2.17. The van der Waals surface area contributed by atoms with Crippen LogP contribution in [0, 0.1) is 5.82 Å². The van der Waals surface area contributed by atoms with E-state index in [1.54, 1.807) is 0 Å². The minimum Gasteiger partial charge on any atom is -0.409 e. The van der Waals surface area contributed by atoms with E-state index < -0.39 is 11.9 Å². The maximum atomic E-state index is 13.9. The van der Waals surface area contributed by atoms with Crippen LogP contribution in [0.3, 0.4) is 0 Å². The highest BCUT2D eigenvalue weighted by molar-refractivity contribution is 5.97. The van der Waals surface area contributed by atoms with E-state index in [4.69, 9.17) is 15.7 Å². The lowest BCUT2D eigenvalue weighted by Gasteiger charge is -2.21. The number of benzene rings is 1. The summed E-state index contributed by atoms with van der Waals surface area (Å²) in [7, 11) is 0. The molecule has 1 aromatic rings. The summed E-state index contributed by atoms with van der Waals surface area (Å²) in [4.78, 5) is 11.9. The van der Waals surface area contributed by atoms with Gasteiger partial charge < -0.3 is 21.0 Å². The highest BCUT2D eigenvalue weighted by Crippen LogP contribution is 2.14. The van der Waals surface area contributed by atoms with Gasteiger partial charge in [0.15, 0.2) is 5.84 Å². The highest BCUT2D eigenvalue weighted by Gasteiger charge is 2.21. The summed E-state index contributed by atoms with van der Waals surface area (Å²) in [6, 6.07) is 4.18. The van der Waals surface area contributed by atoms with Gasteiger partial charge >= 0.3 is 0 Å². The molecule has 0 aromatic heterocycles. The molecule has 0 saturated carbocycles. The van der Waals surface area contributed by atoms with Crippen molar-refractivity contribution >= 4 is 11.7 Å². The lowest BCUT2D eigenvalue weighted by molar-refractivity contribution is -0.135. The van der Waals surface area contributed by atoms with Crippen molar-refractivity contribution in [2.75, 3.05) is 6.61 Å². The summed E-state index contributed by atoms with van der Waals surface area (Å²) >= 11 is 0. The van der Waals surface area contributed by atoms with E-state index >= 15 is 0 Å². The third kappa shape index (κ3) is 3.91. The average molecular weight is 295 g/mol. The van der Waals surface area contributed by atoms with Crippen LogP contribution in [0.5, 0.6) is 0 Å². The van der Waals surface area contributed by atoms with Crippen LogP contribution in [0.2, 0.25) is 0 Å². The normalized spacial score (nSPS) is 19.3. The summed E-state index contributed by atoms with van der Waals surface area (Å²) < 4.78 is 19.2. The molecule has 21 heavy (non-hydrogen) atoms. The van der Waals surface area contributed by atoms with Crippen LogP contribution in [-0.4, -0.2) is 29.7 Å². The molecule has 1 atom stereocenters. The summed E-state index contributed by atoms with van der Waals surface area (Å²) in [5.74, 6) is -0.918. The molecule has 0 spiro atoms. The first-order valence-electron chi connectivity index (χ1n) is 6.77. The fraction of sp³-hybridized carbons (Fsp3) is 0.429. The van der Waals surface area contributed by atoms with Gasteiger partial charge in [-0.05, 0) is 25.3 Å². The Hall–Kier alpha value is -2.15. The molecule has 2 rings (SSSR count). The van der Waals surface area contributed by atoms with Crippen LogP contribution in [0.25, 0.3) is 0 Å². The Kier molecular flexibility index (Phi) is 5.10. The number of carbonyl (C=O) groups excluding carboxylic acids is 1. The number of hydrogen-bond acceptors (Lipinski definition) is 4. The maximum Gasteiger partial charge on any atom is 0.249 e. The molecule has 1 fully saturated rings. The number of halogens is 1. The third-order valence-electron chi connectivity index (χ3n) is 3.38. The SMILES string of the molecule is NC(=NO)c1ccc(CNC(=O)C2CCCCO2)c(F)c1. The van der Waals surface area contributed by atoms with E-state index in [0.717, 1.165) is 18.9 Å². The molecule has 6 nitrogen and oxygen atoms in total. The molecular formula is C14H18FN3O3. The largest absolute Gasteiger partial charge is 0.409 e. The molecule has 1 amide bonds. The number of carbonyl (C=O) groups is 1. The van der Waals surface area contributed by atoms with Crippen molar-refractivity contribution < 1.29 is 19.1 Å². The number of amides is 1. The molecule has 4 N–H and O–H groups in total. The monoisotopic (exact) mass is 295 g/mol. The third-order valence-corrected chi connectivity index (χ3v) is 3.38. The van der Waals surface area contributed by atoms with Crippen LogP contribution in [-0.2, 0) is 16.1 Å². The Morgan fingerprint density at radius 2 is 2.33 bits per heavy atom. The fourth-order valence-electron chi connectivity index (χ4n) is 2.15. The van der Waals surface area contributed by atoms with Crippen molar-refractivity contribution in [1.82, 2.24) is 5.32 Å². The molecule has 114 valence electrons. The molecule has 1 aromatic carbocycles. The highest BCUT2D eigenvalue weighted by atomic mass is 19.1. The van der Waals surface area contributed by atoms with Gasteiger partial charge in [-0.1, -0.05) is 17.3 Å². The summed E-state index contributed by atoms with van der Waals surface area (Å²) in [5, 5.41) is 14.0. The van der Waals surface area contributed by atoms with Gasteiger partial charge in [0.2, 0.25) is 5.91 Å². The molecule has 0 bridgehead atoms. The second-order valence-electron chi connectivity index (χ2n) is 4.86. The first-order chi connectivity index (χ1) is 10.1. The first kappa shape index (κ1) is 15.2. The van der Waals surface area contributed by atoms with E-state index in [-0.39, 0.29) is 23.9 Å². The fourth-order valence-corrected chi connectivity index (χ4v) is 2.15. The topological polar surface area (TPSA) is 96.9 Å². The molecule has 1 heterocycles. The second-order valence-corrected chi connectivity index (χ2v) is 4.86. The van der Waals surface area contributed by atoms with Crippen LogP contribution in [0.1, 0.15) is 30.4 Å². The van der Waals surface area contributed by atoms with Gasteiger partial charge in [-0.3, -0.25) is 4.79 Å². The van der Waals surface area contributed by atoms with E-state index in [0.29, 0.717) is 18.6 Å². The predicted octanol–water partition coefficient (Wildman–Crippen LogP) is 1.11. The number of oxime groups is 1. The van der Waals surface area contributed by atoms with Crippen molar-refractivity contribution in [3.63, 3.8) is 0 Å². The number of hydrogen-bond donors (Lipinski definition) is 3. The molecule has 1 unspecified atom stereocenters. The van der Waals surface area contributed by atoms with Gasteiger partial charge in [-0.25, -0.2) is 4.39 Å². The lowest BCUT2D eigenvalue weighted by Crippen LogP contribution is -2.38. The van der Waals surface area contributed by atoms with Gasteiger partial charge in [0, 0.05) is 24.3 Å². The van der Waals surface area contributed by atoms with E-state index in [1.807, 2.05) is 0 Å². The predicted molar refractivity (Wildman–Crippen MR) is 74.3 cm³/mol. The zero-order chi connectivity index (χ0) is 15.2. The van der Waals surface area contributed by atoms with Crippen LogP contribution in [0.4, 0.5) is 4.39 Å². The zero-order valence-corrected chi connectivity index (χ0v) is 11.5. The van der Waals surface area contributed by atoms with Crippen molar-refractivity contribution in [3.05, 3.63) is 35.1 Å². The van der Waals surface area contributed by atoms with Crippen LogP contribution in [0.15, 0.2) is 23.4 Å². The minimum absolute atomic E-state index is 0.0704. The lowest BCUT2D eigenvalue weighted by atomic mass is 10.1. The number of amidine groups is 1. The quantitative estimate of drug-likeness (QED) is 0.335. The Bertz CT molecular complexity index is 542. The molecule has 1 saturated heterocycles. The Morgan fingerprint density at radius 1 is 1.52 bits per heavy atom. The second kappa shape index (κ2) is 7.03.